The Balaban J connectivity index is 2.25. The lowest BCUT2D eigenvalue weighted by atomic mass is 10.1. The summed E-state index contributed by atoms with van der Waals surface area (Å²) in [5.74, 6) is 0.819. The maximum Gasteiger partial charge on any atom is 0.266 e. The van der Waals surface area contributed by atoms with E-state index in [0.717, 1.165) is 23.6 Å². The first-order chi connectivity index (χ1) is 10.1. The summed E-state index contributed by atoms with van der Waals surface area (Å²) < 4.78 is 6.68. The van der Waals surface area contributed by atoms with Crippen LogP contribution in [-0.2, 0) is 6.54 Å². The van der Waals surface area contributed by atoms with Crippen LogP contribution in [-0.4, -0.2) is 23.4 Å². The van der Waals surface area contributed by atoms with Crippen molar-refractivity contribution in [3.05, 3.63) is 58.0 Å². The van der Waals surface area contributed by atoms with E-state index in [9.17, 15) is 4.79 Å². The minimum atomic E-state index is -0.0861. The molecule has 112 valence electrons. The van der Waals surface area contributed by atoms with Gasteiger partial charge in [0.1, 0.15) is 5.75 Å². The topological polar surface area (TPSA) is 56.2 Å². The van der Waals surface area contributed by atoms with E-state index in [-0.39, 0.29) is 11.6 Å². The van der Waals surface area contributed by atoms with Crippen LogP contribution in [0.2, 0.25) is 0 Å². The van der Waals surface area contributed by atoms with Crippen molar-refractivity contribution >= 4 is 0 Å². The zero-order valence-corrected chi connectivity index (χ0v) is 12.7. The van der Waals surface area contributed by atoms with Crippen molar-refractivity contribution in [1.82, 2.24) is 15.1 Å². The van der Waals surface area contributed by atoms with Crippen LogP contribution in [0.15, 0.2) is 41.2 Å². The normalized spacial score (nSPS) is 12.1. The molecule has 0 aliphatic rings. The molecule has 1 heterocycles. The highest BCUT2D eigenvalue weighted by molar-refractivity contribution is 5.29. The Bertz CT molecular complexity index is 635. The molecular formula is C16H21N3O2. The van der Waals surface area contributed by atoms with Gasteiger partial charge in [0.25, 0.3) is 5.56 Å². The lowest BCUT2D eigenvalue weighted by Crippen LogP contribution is -2.31. The second kappa shape index (κ2) is 7.04. The van der Waals surface area contributed by atoms with Gasteiger partial charge >= 0.3 is 0 Å². The van der Waals surface area contributed by atoms with Crippen LogP contribution in [0.5, 0.6) is 5.75 Å². The fraction of sp³-hybridized carbons (Fsp3) is 0.375. The van der Waals surface area contributed by atoms with Gasteiger partial charge in [-0.05, 0) is 37.2 Å². The standard InChI is InChI=1S/C16H21N3O2/c1-4-17-15(13-6-8-14(21-3)9-7-13)11-19-16(20)10-5-12(2)18-19/h5-10,15,17H,4,11H2,1-3H3. The molecule has 1 atom stereocenters. The third-order valence-corrected chi connectivity index (χ3v) is 3.32. The van der Waals surface area contributed by atoms with Gasteiger partial charge in [-0.3, -0.25) is 4.79 Å². The molecule has 0 saturated heterocycles. The molecule has 0 bridgehead atoms. The number of hydrogen-bond donors (Lipinski definition) is 1. The molecule has 1 aromatic heterocycles. The van der Waals surface area contributed by atoms with Crippen LogP contribution in [0.4, 0.5) is 0 Å². The van der Waals surface area contributed by atoms with Gasteiger partial charge in [0, 0.05) is 6.07 Å². The first-order valence-electron chi connectivity index (χ1n) is 7.06. The van der Waals surface area contributed by atoms with Crippen molar-refractivity contribution in [1.29, 1.82) is 0 Å². The number of nitrogens with zero attached hydrogens (tertiary/aromatic N) is 2. The van der Waals surface area contributed by atoms with Gasteiger partial charge < -0.3 is 10.1 Å². The monoisotopic (exact) mass is 287 g/mol. The molecule has 0 fully saturated rings. The highest BCUT2D eigenvalue weighted by Gasteiger charge is 2.12. The SMILES string of the molecule is CCNC(Cn1nc(C)ccc1=O)c1ccc(OC)cc1. The third kappa shape index (κ3) is 3.92. The summed E-state index contributed by atoms with van der Waals surface area (Å²) in [5, 5.41) is 7.68. The number of methoxy groups -OCH3 is 1. The molecule has 1 N–H and O–H groups in total. The lowest BCUT2D eigenvalue weighted by Gasteiger charge is -2.19. The fourth-order valence-corrected chi connectivity index (χ4v) is 2.23. The van der Waals surface area contributed by atoms with Gasteiger partial charge in [0.15, 0.2) is 0 Å². The van der Waals surface area contributed by atoms with Crippen LogP contribution in [0.1, 0.15) is 24.2 Å². The van der Waals surface area contributed by atoms with Crippen LogP contribution in [0.25, 0.3) is 0 Å². The number of aryl methyl sites for hydroxylation is 1. The fourth-order valence-electron chi connectivity index (χ4n) is 2.23. The minimum absolute atomic E-state index is 0.0351. The molecular weight excluding hydrogens is 266 g/mol. The molecule has 21 heavy (non-hydrogen) atoms. The summed E-state index contributed by atoms with van der Waals surface area (Å²) in [5.41, 5.74) is 1.85. The van der Waals surface area contributed by atoms with E-state index in [0.29, 0.717) is 6.54 Å². The van der Waals surface area contributed by atoms with Crippen LogP contribution < -0.4 is 15.6 Å². The Morgan fingerprint density at radius 2 is 1.95 bits per heavy atom. The number of hydrogen-bond acceptors (Lipinski definition) is 4. The van der Waals surface area contributed by atoms with E-state index in [1.54, 1.807) is 19.2 Å². The van der Waals surface area contributed by atoms with Crippen LogP contribution >= 0.6 is 0 Å². The van der Waals surface area contributed by atoms with Gasteiger partial charge in [-0.2, -0.15) is 5.10 Å². The van der Waals surface area contributed by atoms with Gasteiger partial charge in [0.2, 0.25) is 0 Å². The average Bonchev–Trinajstić information content (AvgIpc) is 2.50. The zero-order chi connectivity index (χ0) is 15.2. The quantitative estimate of drug-likeness (QED) is 0.882. The maximum atomic E-state index is 11.9. The minimum Gasteiger partial charge on any atom is -0.497 e. The Labute approximate surface area is 124 Å². The number of nitrogens with one attached hydrogen (secondary N) is 1. The van der Waals surface area contributed by atoms with E-state index >= 15 is 0 Å². The molecule has 1 aromatic carbocycles. The summed E-state index contributed by atoms with van der Waals surface area (Å²) in [6, 6.07) is 11.2. The lowest BCUT2D eigenvalue weighted by molar-refractivity contribution is 0.412. The number of benzene rings is 1. The molecule has 1 unspecified atom stereocenters. The van der Waals surface area contributed by atoms with Crippen LogP contribution in [0, 0.1) is 6.92 Å². The van der Waals surface area contributed by atoms with Gasteiger partial charge in [-0.1, -0.05) is 19.1 Å². The average molecular weight is 287 g/mol. The maximum absolute atomic E-state index is 11.9. The number of aromatic nitrogens is 2. The molecule has 0 aliphatic heterocycles. The molecule has 5 nitrogen and oxygen atoms in total. The summed E-state index contributed by atoms with van der Waals surface area (Å²) in [6.07, 6.45) is 0. The Kier molecular flexibility index (Phi) is 5.11. The predicted octanol–water partition coefficient (Wildman–Crippen LogP) is 1.91. The number of ether oxygens (including phenoxy) is 1. The molecule has 2 aromatic rings. The van der Waals surface area contributed by atoms with Crippen molar-refractivity contribution in [2.24, 2.45) is 0 Å². The molecule has 5 heteroatoms. The molecule has 0 aliphatic carbocycles. The Hall–Kier alpha value is -2.14. The first-order valence-corrected chi connectivity index (χ1v) is 7.06. The van der Waals surface area contributed by atoms with Crippen LogP contribution in [0.3, 0.4) is 0 Å². The molecule has 0 amide bonds. The summed E-state index contributed by atoms with van der Waals surface area (Å²) >= 11 is 0. The van der Waals surface area contributed by atoms with Gasteiger partial charge in [-0.25, -0.2) is 4.68 Å². The second-order valence-corrected chi connectivity index (χ2v) is 4.88. The van der Waals surface area contributed by atoms with E-state index in [2.05, 4.69) is 10.4 Å². The van der Waals surface area contributed by atoms with Gasteiger partial charge in [-0.15, -0.1) is 0 Å². The highest BCUT2D eigenvalue weighted by Crippen LogP contribution is 2.18. The summed E-state index contributed by atoms with van der Waals surface area (Å²) in [6.45, 7) is 5.24. The van der Waals surface area contributed by atoms with E-state index in [1.165, 1.54) is 4.68 Å². The van der Waals surface area contributed by atoms with Crippen molar-refractivity contribution in [2.75, 3.05) is 13.7 Å². The number of likely N-dealkylation sites (N-methyl/N-ethyl adjacent to an activating group) is 1. The third-order valence-electron chi connectivity index (χ3n) is 3.32. The van der Waals surface area contributed by atoms with E-state index in [4.69, 9.17) is 4.74 Å². The summed E-state index contributed by atoms with van der Waals surface area (Å²) in [7, 11) is 1.65. The molecule has 0 spiro atoms. The van der Waals surface area contributed by atoms with Crippen molar-refractivity contribution in [2.45, 2.75) is 26.4 Å². The predicted molar refractivity (Wildman–Crippen MR) is 82.6 cm³/mol. The molecule has 2 rings (SSSR count). The highest BCUT2D eigenvalue weighted by atomic mass is 16.5. The van der Waals surface area contributed by atoms with Crippen molar-refractivity contribution in [3.8, 4) is 5.75 Å². The number of rotatable bonds is 6. The van der Waals surface area contributed by atoms with E-state index < -0.39 is 0 Å². The Morgan fingerprint density at radius 3 is 2.57 bits per heavy atom. The molecule has 0 saturated carbocycles. The second-order valence-electron chi connectivity index (χ2n) is 4.88. The van der Waals surface area contributed by atoms with Crippen molar-refractivity contribution < 1.29 is 4.74 Å². The molecule has 0 radical (unpaired) electrons. The summed E-state index contributed by atoms with van der Waals surface area (Å²) in [4.78, 5) is 11.9. The first kappa shape index (κ1) is 15.3. The Morgan fingerprint density at radius 1 is 1.24 bits per heavy atom. The zero-order valence-electron chi connectivity index (χ0n) is 12.7. The smallest absolute Gasteiger partial charge is 0.266 e. The van der Waals surface area contributed by atoms with Crippen molar-refractivity contribution in [3.63, 3.8) is 0 Å². The largest absolute Gasteiger partial charge is 0.497 e. The van der Waals surface area contributed by atoms with E-state index in [1.807, 2.05) is 38.1 Å². The van der Waals surface area contributed by atoms with Gasteiger partial charge in [0.05, 0.1) is 25.4 Å².